The monoisotopic (exact) mass is 345 g/mol. The van der Waals surface area contributed by atoms with Crippen molar-refractivity contribution in [3.63, 3.8) is 0 Å². The first-order valence-electron chi connectivity index (χ1n) is 7.09. The van der Waals surface area contributed by atoms with Crippen molar-refractivity contribution in [2.24, 2.45) is 0 Å². The van der Waals surface area contributed by atoms with Gasteiger partial charge in [-0.05, 0) is 43.2 Å². The smallest absolute Gasteiger partial charge is 0.141 e. The lowest BCUT2D eigenvalue weighted by molar-refractivity contribution is 0.109. The maximum Gasteiger partial charge on any atom is 0.141 e. The molecule has 2 aromatic rings. The third kappa shape index (κ3) is 4.23. The number of nitrogens with one attached hydrogen (secondary N) is 1. The number of benzene rings is 1. The highest BCUT2D eigenvalue weighted by Crippen LogP contribution is 2.26. The van der Waals surface area contributed by atoms with Crippen LogP contribution in [0.2, 0.25) is 5.02 Å². The molecule has 0 aliphatic carbocycles. The van der Waals surface area contributed by atoms with E-state index in [2.05, 4.69) is 5.32 Å². The third-order valence-corrected chi connectivity index (χ3v) is 3.85. The zero-order valence-corrected chi connectivity index (χ0v) is 13.6. The van der Waals surface area contributed by atoms with Crippen LogP contribution < -0.4 is 5.32 Å². The molecular weight excluding hydrogens is 328 g/mol. The quantitative estimate of drug-likeness (QED) is 0.870. The summed E-state index contributed by atoms with van der Waals surface area (Å²) in [6, 6.07) is 8.35. The van der Waals surface area contributed by atoms with Gasteiger partial charge < -0.3 is 14.5 Å². The van der Waals surface area contributed by atoms with Gasteiger partial charge in [0.2, 0.25) is 0 Å². The van der Waals surface area contributed by atoms with E-state index in [9.17, 15) is 4.39 Å². The van der Waals surface area contributed by atoms with Crippen molar-refractivity contribution < 1.29 is 13.5 Å². The van der Waals surface area contributed by atoms with Crippen LogP contribution in [0.4, 0.5) is 4.39 Å². The van der Waals surface area contributed by atoms with Crippen LogP contribution >= 0.6 is 24.0 Å². The predicted molar refractivity (Wildman–Crippen MR) is 87.0 cm³/mol. The fourth-order valence-electron chi connectivity index (χ4n) is 2.44. The van der Waals surface area contributed by atoms with E-state index < -0.39 is 5.82 Å². The summed E-state index contributed by atoms with van der Waals surface area (Å²) in [6.07, 6.45) is 2.57. The topological polar surface area (TPSA) is 34.4 Å². The van der Waals surface area contributed by atoms with E-state index in [1.807, 2.05) is 12.1 Å². The number of hydrogen-bond acceptors (Lipinski definition) is 3. The van der Waals surface area contributed by atoms with E-state index in [0.29, 0.717) is 18.4 Å². The predicted octanol–water partition coefficient (Wildman–Crippen LogP) is 4.43. The maximum atomic E-state index is 13.1. The first-order valence-corrected chi connectivity index (χ1v) is 7.46. The molecule has 0 spiro atoms. The second-order valence-electron chi connectivity index (χ2n) is 5.16. The van der Waals surface area contributed by atoms with Crippen LogP contribution in [0.1, 0.15) is 18.6 Å². The Morgan fingerprint density at radius 1 is 1.27 bits per heavy atom. The van der Waals surface area contributed by atoms with Crippen LogP contribution in [-0.2, 0) is 11.3 Å². The highest BCUT2D eigenvalue weighted by Gasteiger charge is 2.15. The number of ether oxygens (including phenoxy) is 1. The Kier molecular flexibility index (Phi) is 6.26. The van der Waals surface area contributed by atoms with E-state index in [0.717, 1.165) is 37.3 Å². The molecular formula is C16H18Cl2FNO2. The molecule has 1 unspecified atom stereocenters. The molecule has 1 aromatic carbocycles. The minimum absolute atomic E-state index is 0. The average Bonchev–Trinajstić information content (AvgIpc) is 3.13. The second kappa shape index (κ2) is 7.97. The Hall–Kier alpha value is -1.07. The minimum atomic E-state index is -0.426. The number of hydrogen-bond donors (Lipinski definition) is 1. The van der Waals surface area contributed by atoms with Crippen LogP contribution in [-0.4, -0.2) is 19.3 Å². The van der Waals surface area contributed by atoms with Crippen LogP contribution in [0.15, 0.2) is 34.7 Å². The van der Waals surface area contributed by atoms with Crippen LogP contribution in [0.3, 0.4) is 0 Å². The summed E-state index contributed by atoms with van der Waals surface area (Å²) in [5.41, 5.74) is 0.770. The molecule has 3 nitrogen and oxygen atoms in total. The van der Waals surface area contributed by atoms with E-state index in [1.54, 1.807) is 12.1 Å². The Labute approximate surface area is 140 Å². The standard InChI is InChI=1S/C16H17ClFNO2.ClH/c17-14-8-11(3-5-15(14)18)16-6-4-13(21-16)10-19-9-12-2-1-7-20-12;/h3-6,8,12,19H,1-2,7,9-10H2;1H. The summed E-state index contributed by atoms with van der Waals surface area (Å²) in [7, 11) is 0. The molecule has 1 aliphatic heterocycles. The second-order valence-corrected chi connectivity index (χ2v) is 5.57. The van der Waals surface area contributed by atoms with Crippen molar-refractivity contribution in [1.29, 1.82) is 0 Å². The molecule has 2 heterocycles. The Bertz CT molecular complexity index is 612. The average molecular weight is 346 g/mol. The fraction of sp³-hybridized carbons (Fsp3) is 0.375. The first kappa shape index (κ1) is 17.3. The van der Waals surface area contributed by atoms with Crippen LogP contribution in [0.5, 0.6) is 0 Å². The van der Waals surface area contributed by atoms with Gasteiger partial charge in [-0.2, -0.15) is 0 Å². The van der Waals surface area contributed by atoms with Crippen molar-refractivity contribution in [2.75, 3.05) is 13.2 Å². The summed E-state index contributed by atoms with van der Waals surface area (Å²) >= 11 is 5.78. The number of rotatable bonds is 5. The number of furan rings is 1. The molecule has 1 fully saturated rings. The van der Waals surface area contributed by atoms with Gasteiger partial charge in [-0.15, -0.1) is 12.4 Å². The zero-order chi connectivity index (χ0) is 14.7. The Balaban J connectivity index is 0.00000176. The number of halogens is 3. The van der Waals surface area contributed by atoms with Crippen molar-refractivity contribution in [3.8, 4) is 11.3 Å². The molecule has 1 aliphatic rings. The van der Waals surface area contributed by atoms with Crippen molar-refractivity contribution in [1.82, 2.24) is 5.32 Å². The fourth-order valence-corrected chi connectivity index (χ4v) is 2.62. The van der Waals surface area contributed by atoms with Gasteiger partial charge in [0.15, 0.2) is 0 Å². The van der Waals surface area contributed by atoms with E-state index in [4.69, 9.17) is 20.8 Å². The summed E-state index contributed by atoms with van der Waals surface area (Å²) < 4.78 is 24.4. The van der Waals surface area contributed by atoms with E-state index in [1.165, 1.54) is 6.07 Å². The molecule has 1 aromatic heterocycles. The molecule has 0 radical (unpaired) electrons. The summed E-state index contributed by atoms with van der Waals surface area (Å²) in [6.45, 7) is 2.34. The SMILES string of the molecule is Cl.Fc1ccc(-c2ccc(CNCC3CCCO3)o2)cc1Cl. The van der Waals surface area contributed by atoms with Gasteiger partial charge in [-0.25, -0.2) is 4.39 Å². The van der Waals surface area contributed by atoms with Gasteiger partial charge in [0.25, 0.3) is 0 Å². The van der Waals surface area contributed by atoms with Crippen molar-refractivity contribution in [2.45, 2.75) is 25.5 Å². The molecule has 0 saturated carbocycles. The van der Waals surface area contributed by atoms with Crippen LogP contribution in [0.25, 0.3) is 11.3 Å². The largest absolute Gasteiger partial charge is 0.460 e. The molecule has 1 N–H and O–H groups in total. The van der Waals surface area contributed by atoms with Gasteiger partial charge >= 0.3 is 0 Å². The minimum Gasteiger partial charge on any atom is -0.460 e. The Morgan fingerprint density at radius 2 is 2.14 bits per heavy atom. The van der Waals surface area contributed by atoms with Crippen molar-refractivity contribution >= 4 is 24.0 Å². The first-order chi connectivity index (χ1) is 10.2. The molecule has 1 atom stereocenters. The Morgan fingerprint density at radius 3 is 2.86 bits per heavy atom. The highest BCUT2D eigenvalue weighted by molar-refractivity contribution is 6.31. The summed E-state index contributed by atoms with van der Waals surface area (Å²) in [5.74, 6) is 1.10. The van der Waals surface area contributed by atoms with Gasteiger partial charge in [-0.3, -0.25) is 0 Å². The van der Waals surface area contributed by atoms with Crippen molar-refractivity contribution in [3.05, 3.63) is 46.9 Å². The van der Waals surface area contributed by atoms with Gasteiger partial charge in [0, 0.05) is 18.7 Å². The molecule has 3 rings (SSSR count). The molecule has 1 saturated heterocycles. The van der Waals surface area contributed by atoms with Gasteiger partial charge in [0.1, 0.15) is 17.3 Å². The van der Waals surface area contributed by atoms with Gasteiger partial charge in [0.05, 0.1) is 17.7 Å². The summed E-state index contributed by atoms with van der Waals surface area (Å²) in [5, 5.41) is 3.42. The molecule has 6 heteroatoms. The highest BCUT2D eigenvalue weighted by atomic mass is 35.5. The van der Waals surface area contributed by atoms with E-state index >= 15 is 0 Å². The lowest BCUT2D eigenvalue weighted by atomic mass is 10.2. The molecule has 0 bridgehead atoms. The lowest BCUT2D eigenvalue weighted by Gasteiger charge is -2.09. The lowest BCUT2D eigenvalue weighted by Crippen LogP contribution is -2.25. The third-order valence-electron chi connectivity index (χ3n) is 3.56. The zero-order valence-electron chi connectivity index (χ0n) is 12.0. The summed E-state index contributed by atoms with van der Waals surface area (Å²) in [4.78, 5) is 0. The van der Waals surface area contributed by atoms with E-state index in [-0.39, 0.29) is 17.4 Å². The van der Waals surface area contributed by atoms with Gasteiger partial charge in [-0.1, -0.05) is 11.6 Å². The molecule has 0 amide bonds. The molecule has 120 valence electrons. The normalized spacial score (nSPS) is 17.5. The molecule has 22 heavy (non-hydrogen) atoms. The maximum absolute atomic E-state index is 13.1. The van der Waals surface area contributed by atoms with Crippen LogP contribution in [0, 0.1) is 5.82 Å².